The van der Waals surface area contributed by atoms with Crippen LogP contribution in [0.2, 0.25) is 0 Å². The SMILES string of the molecule is C=CC1=C(/C=C\C)CCN(C(C)(C)CC=c2[nH]cc(C3CCCCN(C)CC3)/c2=C/CC)C1. The normalized spacial score (nSPS) is 23.4. The van der Waals surface area contributed by atoms with Crippen molar-refractivity contribution < 1.29 is 0 Å². The first-order chi connectivity index (χ1) is 15.9. The van der Waals surface area contributed by atoms with Gasteiger partial charge >= 0.3 is 0 Å². The van der Waals surface area contributed by atoms with Crippen molar-refractivity contribution in [3.05, 3.63) is 58.3 Å². The van der Waals surface area contributed by atoms with Gasteiger partial charge in [-0.25, -0.2) is 0 Å². The molecule has 3 rings (SSSR count). The minimum atomic E-state index is 0.105. The van der Waals surface area contributed by atoms with Crippen LogP contribution in [0.5, 0.6) is 0 Å². The van der Waals surface area contributed by atoms with E-state index in [1.54, 1.807) is 5.56 Å². The Hall–Kier alpha value is -1.84. The third kappa shape index (κ3) is 6.61. The van der Waals surface area contributed by atoms with Crippen molar-refractivity contribution in [3.8, 4) is 0 Å². The van der Waals surface area contributed by atoms with Gasteiger partial charge < -0.3 is 9.88 Å². The van der Waals surface area contributed by atoms with Crippen LogP contribution in [0.1, 0.15) is 84.1 Å². The fourth-order valence-corrected chi connectivity index (χ4v) is 5.51. The highest BCUT2D eigenvalue weighted by molar-refractivity contribution is 5.38. The van der Waals surface area contributed by atoms with E-state index in [0.29, 0.717) is 5.92 Å². The first-order valence-corrected chi connectivity index (χ1v) is 13.2. The van der Waals surface area contributed by atoms with E-state index in [4.69, 9.17) is 0 Å². The molecule has 0 spiro atoms. The Morgan fingerprint density at radius 1 is 1.12 bits per heavy atom. The number of allylic oxidation sites excluding steroid dienone is 2. The second-order valence-corrected chi connectivity index (χ2v) is 10.6. The maximum Gasteiger partial charge on any atom is 0.0413 e. The van der Waals surface area contributed by atoms with Gasteiger partial charge in [-0.2, -0.15) is 0 Å². The third-order valence-electron chi connectivity index (χ3n) is 7.73. The summed E-state index contributed by atoms with van der Waals surface area (Å²) in [5.41, 5.74) is 4.47. The van der Waals surface area contributed by atoms with Gasteiger partial charge in [0, 0.05) is 30.2 Å². The van der Waals surface area contributed by atoms with Crippen LogP contribution in [0.4, 0.5) is 0 Å². The topological polar surface area (TPSA) is 22.3 Å². The average Bonchev–Trinajstić information content (AvgIpc) is 3.18. The Bertz CT molecular complexity index is 959. The lowest BCUT2D eigenvalue weighted by atomic mass is 9.89. The van der Waals surface area contributed by atoms with Gasteiger partial charge in [-0.3, -0.25) is 4.90 Å². The molecule has 1 unspecified atom stereocenters. The number of hydrogen-bond acceptors (Lipinski definition) is 2. The van der Waals surface area contributed by atoms with Crippen LogP contribution in [0.3, 0.4) is 0 Å². The molecule has 2 aliphatic rings. The summed E-state index contributed by atoms with van der Waals surface area (Å²) in [6.45, 7) is 17.8. The number of nitrogens with one attached hydrogen (secondary N) is 1. The standard InChI is InChI=1S/C30H47N3/c1-7-12-25-17-21-33(23-24(25)9-3)30(4,5)18-15-29-27(13-8-2)28(22-31-29)26-14-10-11-19-32(6)20-16-26/h7,9,12-13,15,22,26,31H,3,8,10-11,14,16-21,23H2,1-2,4-6H3/b12-7-,27-13-,29-15?. The minimum absolute atomic E-state index is 0.105. The molecule has 1 atom stereocenters. The Kier molecular flexibility index (Phi) is 9.40. The number of nitrogens with zero attached hydrogens (tertiary/aromatic N) is 2. The highest BCUT2D eigenvalue weighted by atomic mass is 15.2. The molecule has 0 radical (unpaired) electrons. The molecule has 1 aromatic rings. The summed E-state index contributed by atoms with van der Waals surface area (Å²) >= 11 is 0. The molecule has 3 heterocycles. The molecule has 3 nitrogen and oxygen atoms in total. The van der Waals surface area contributed by atoms with Crippen LogP contribution < -0.4 is 10.6 Å². The maximum absolute atomic E-state index is 4.08. The lowest BCUT2D eigenvalue weighted by Crippen LogP contribution is -2.47. The van der Waals surface area contributed by atoms with Crippen molar-refractivity contribution in [2.45, 2.75) is 84.1 Å². The lowest BCUT2D eigenvalue weighted by molar-refractivity contribution is 0.134. The van der Waals surface area contributed by atoms with E-state index in [1.807, 2.05) is 0 Å². The molecule has 0 bridgehead atoms. The number of aromatic amines is 1. The molecule has 1 N–H and O–H groups in total. The number of H-pyrrole nitrogens is 1. The summed E-state index contributed by atoms with van der Waals surface area (Å²) < 4.78 is 0. The molecule has 2 aliphatic heterocycles. The average molecular weight is 450 g/mol. The Labute approximate surface area is 202 Å². The summed E-state index contributed by atoms with van der Waals surface area (Å²) in [5.74, 6) is 0.671. The summed E-state index contributed by atoms with van der Waals surface area (Å²) in [6.07, 6.45) is 22.1. The molecule has 3 heteroatoms. The van der Waals surface area contributed by atoms with Crippen LogP contribution in [-0.4, -0.2) is 53.5 Å². The molecule has 0 aliphatic carbocycles. The first-order valence-electron chi connectivity index (χ1n) is 13.2. The Balaban J connectivity index is 1.82. The van der Waals surface area contributed by atoms with Crippen LogP contribution in [0, 0.1) is 0 Å². The van der Waals surface area contributed by atoms with Gasteiger partial charge in [-0.1, -0.05) is 50.3 Å². The third-order valence-corrected chi connectivity index (χ3v) is 7.73. The molecule has 0 amide bonds. The van der Waals surface area contributed by atoms with Crippen LogP contribution >= 0.6 is 0 Å². The first kappa shape index (κ1) is 25.8. The molecule has 0 aromatic carbocycles. The number of hydrogen-bond donors (Lipinski definition) is 1. The van der Waals surface area contributed by atoms with Crippen molar-refractivity contribution in [2.75, 3.05) is 33.2 Å². The van der Waals surface area contributed by atoms with E-state index in [9.17, 15) is 0 Å². The Morgan fingerprint density at radius 3 is 2.67 bits per heavy atom. The molecule has 1 aromatic heterocycles. The second-order valence-electron chi connectivity index (χ2n) is 10.6. The highest BCUT2D eigenvalue weighted by Gasteiger charge is 2.29. The fraction of sp³-hybridized carbons (Fsp3) is 0.600. The molecule has 1 saturated heterocycles. The molecule has 33 heavy (non-hydrogen) atoms. The predicted octanol–water partition coefficient (Wildman–Crippen LogP) is 5.51. The zero-order valence-electron chi connectivity index (χ0n) is 21.9. The summed E-state index contributed by atoms with van der Waals surface area (Å²) in [7, 11) is 2.27. The van der Waals surface area contributed by atoms with Crippen molar-refractivity contribution in [3.63, 3.8) is 0 Å². The van der Waals surface area contributed by atoms with E-state index in [-0.39, 0.29) is 5.54 Å². The van der Waals surface area contributed by atoms with Crippen LogP contribution in [0.25, 0.3) is 12.2 Å². The van der Waals surface area contributed by atoms with E-state index < -0.39 is 0 Å². The predicted molar refractivity (Wildman–Crippen MR) is 145 cm³/mol. The zero-order chi connectivity index (χ0) is 23.8. The zero-order valence-corrected chi connectivity index (χ0v) is 21.9. The van der Waals surface area contributed by atoms with Crippen LogP contribution in [-0.2, 0) is 0 Å². The quantitative estimate of drug-likeness (QED) is 0.593. The van der Waals surface area contributed by atoms with Gasteiger partial charge in [0.1, 0.15) is 0 Å². The van der Waals surface area contributed by atoms with Crippen molar-refractivity contribution in [2.24, 2.45) is 0 Å². The van der Waals surface area contributed by atoms with Gasteiger partial charge in [-0.05, 0) is 107 Å². The van der Waals surface area contributed by atoms with Crippen LogP contribution in [0.15, 0.2) is 42.2 Å². The minimum Gasteiger partial charge on any atom is -0.361 e. The summed E-state index contributed by atoms with van der Waals surface area (Å²) in [5, 5.41) is 2.78. The molecule has 0 saturated carbocycles. The van der Waals surface area contributed by atoms with Gasteiger partial charge in [0.15, 0.2) is 0 Å². The second kappa shape index (κ2) is 12.0. The van der Waals surface area contributed by atoms with Crippen molar-refractivity contribution >= 4 is 12.2 Å². The molecule has 182 valence electrons. The van der Waals surface area contributed by atoms with E-state index >= 15 is 0 Å². The fourth-order valence-electron chi connectivity index (χ4n) is 5.51. The molecular weight excluding hydrogens is 402 g/mol. The monoisotopic (exact) mass is 449 g/mol. The summed E-state index contributed by atoms with van der Waals surface area (Å²) in [6, 6.07) is 0. The highest BCUT2D eigenvalue weighted by Crippen LogP contribution is 2.28. The van der Waals surface area contributed by atoms with Crippen molar-refractivity contribution in [1.29, 1.82) is 0 Å². The maximum atomic E-state index is 4.08. The largest absolute Gasteiger partial charge is 0.361 e. The van der Waals surface area contributed by atoms with Gasteiger partial charge in [-0.15, -0.1) is 0 Å². The molecule has 1 fully saturated rings. The van der Waals surface area contributed by atoms with E-state index in [2.05, 4.69) is 92.7 Å². The lowest BCUT2D eigenvalue weighted by Gasteiger charge is -2.41. The molecular formula is C30H47N3. The van der Waals surface area contributed by atoms with E-state index in [0.717, 1.165) is 32.4 Å². The number of likely N-dealkylation sites (tertiary alicyclic amines) is 1. The number of aromatic nitrogens is 1. The van der Waals surface area contributed by atoms with Gasteiger partial charge in [0.25, 0.3) is 0 Å². The van der Waals surface area contributed by atoms with Crippen molar-refractivity contribution in [1.82, 2.24) is 14.8 Å². The van der Waals surface area contributed by atoms with Gasteiger partial charge in [0.2, 0.25) is 0 Å². The summed E-state index contributed by atoms with van der Waals surface area (Å²) in [4.78, 5) is 8.80. The van der Waals surface area contributed by atoms with E-state index in [1.165, 1.54) is 60.5 Å². The Morgan fingerprint density at radius 2 is 1.94 bits per heavy atom. The van der Waals surface area contributed by atoms with Gasteiger partial charge in [0.05, 0.1) is 0 Å². The smallest absolute Gasteiger partial charge is 0.0413 e. The number of rotatable bonds is 7.